The summed E-state index contributed by atoms with van der Waals surface area (Å²) in [5, 5.41) is 23.7. The number of nitriles is 1. The number of carboxylic acid groups (broad SMARTS) is 1. The largest absolute Gasteiger partial charge is 0.478 e. The predicted molar refractivity (Wildman–Crippen MR) is 123 cm³/mol. The highest BCUT2D eigenvalue weighted by Crippen LogP contribution is 2.41. The third kappa shape index (κ3) is 4.17. The second-order valence-corrected chi connectivity index (χ2v) is 9.71. The minimum atomic E-state index is -0.945. The molecule has 1 unspecified atom stereocenters. The molecule has 4 rings (SSSR count). The van der Waals surface area contributed by atoms with E-state index in [2.05, 4.69) is 6.07 Å². The van der Waals surface area contributed by atoms with Gasteiger partial charge in [0.25, 0.3) is 0 Å². The van der Waals surface area contributed by atoms with Crippen molar-refractivity contribution in [3.63, 3.8) is 0 Å². The van der Waals surface area contributed by atoms with Gasteiger partial charge in [-0.3, -0.25) is 0 Å². The lowest BCUT2D eigenvalue weighted by molar-refractivity contribution is 0.0697. The number of hydrogen-bond donors (Lipinski definition) is 1. The van der Waals surface area contributed by atoms with Crippen LogP contribution >= 0.6 is 34.4 Å². The van der Waals surface area contributed by atoms with Crippen molar-refractivity contribution >= 4 is 40.4 Å². The Kier molecular flexibility index (Phi) is 6.00. The van der Waals surface area contributed by atoms with Crippen molar-refractivity contribution in [2.24, 2.45) is 0 Å². The smallest absolute Gasteiger partial charge is 0.335 e. The van der Waals surface area contributed by atoms with Crippen molar-refractivity contribution in [1.29, 1.82) is 5.26 Å². The van der Waals surface area contributed by atoms with Gasteiger partial charge in [-0.15, -0.1) is 22.7 Å². The first-order chi connectivity index (χ1) is 14.6. The summed E-state index contributed by atoms with van der Waals surface area (Å²) in [5.74, 6) is -0.945. The molecule has 7 heteroatoms. The summed E-state index contributed by atoms with van der Waals surface area (Å²) >= 11 is 4.73. The Labute approximate surface area is 186 Å². The van der Waals surface area contributed by atoms with Gasteiger partial charge in [0.15, 0.2) is 0 Å². The molecule has 4 aromatic rings. The van der Waals surface area contributed by atoms with Gasteiger partial charge in [0, 0.05) is 15.7 Å². The number of thioether (sulfide) groups is 1. The molecule has 3 aromatic heterocycles. The van der Waals surface area contributed by atoms with Gasteiger partial charge in [-0.25, -0.2) is 9.78 Å². The van der Waals surface area contributed by atoms with Crippen LogP contribution < -0.4 is 0 Å². The van der Waals surface area contributed by atoms with E-state index in [1.54, 1.807) is 34.8 Å². The van der Waals surface area contributed by atoms with E-state index >= 15 is 0 Å². The van der Waals surface area contributed by atoms with Crippen molar-refractivity contribution in [2.75, 3.05) is 0 Å². The number of carboxylic acids is 1. The normalized spacial score (nSPS) is 11.7. The van der Waals surface area contributed by atoms with E-state index in [4.69, 9.17) is 10.1 Å². The van der Waals surface area contributed by atoms with E-state index < -0.39 is 5.97 Å². The summed E-state index contributed by atoms with van der Waals surface area (Å²) in [6, 6.07) is 19.2. The predicted octanol–water partition coefficient (Wildman–Crippen LogP) is 6.96. The Bertz CT molecular complexity index is 1210. The van der Waals surface area contributed by atoms with Crippen molar-refractivity contribution in [3.8, 4) is 27.1 Å². The SMILES string of the molecule is CC(Sc1nc(-c2cccs2)cc(-c2cccs2)c1C#N)c1ccc(C(=O)O)cc1. The molecule has 1 aromatic carbocycles. The molecule has 0 radical (unpaired) electrons. The van der Waals surface area contributed by atoms with Crippen LogP contribution in [-0.4, -0.2) is 16.1 Å². The van der Waals surface area contributed by atoms with Crippen LogP contribution in [0, 0.1) is 11.3 Å². The lowest BCUT2D eigenvalue weighted by atomic mass is 10.1. The first-order valence-electron chi connectivity index (χ1n) is 9.09. The van der Waals surface area contributed by atoms with Crippen LogP contribution in [-0.2, 0) is 0 Å². The van der Waals surface area contributed by atoms with Gasteiger partial charge in [0.1, 0.15) is 11.1 Å². The highest BCUT2D eigenvalue weighted by atomic mass is 32.2. The average Bonchev–Trinajstić information content (AvgIpc) is 3.47. The molecule has 30 heavy (non-hydrogen) atoms. The van der Waals surface area contributed by atoms with Crippen LogP contribution in [0.25, 0.3) is 21.0 Å². The molecule has 0 fully saturated rings. The Morgan fingerprint density at radius 3 is 2.33 bits per heavy atom. The molecule has 1 atom stereocenters. The number of rotatable bonds is 6. The molecule has 0 aliphatic heterocycles. The summed E-state index contributed by atoms with van der Waals surface area (Å²) in [6.07, 6.45) is 0. The fourth-order valence-electron chi connectivity index (χ4n) is 3.02. The summed E-state index contributed by atoms with van der Waals surface area (Å²) < 4.78 is 0. The maximum Gasteiger partial charge on any atom is 0.335 e. The van der Waals surface area contributed by atoms with E-state index in [0.29, 0.717) is 10.6 Å². The van der Waals surface area contributed by atoms with Crippen LogP contribution in [0.15, 0.2) is 70.4 Å². The Morgan fingerprint density at radius 2 is 1.77 bits per heavy atom. The molecule has 0 saturated heterocycles. The van der Waals surface area contributed by atoms with Crippen LogP contribution in [0.3, 0.4) is 0 Å². The molecule has 0 aliphatic rings. The standard InChI is InChI=1S/C23H16N2O2S3/c1-14(15-6-8-16(9-7-15)23(26)27)30-22-18(13-24)17(20-4-2-10-28-20)12-19(25-22)21-5-3-11-29-21/h2-12,14H,1H3,(H,26,27). The van der Waals surface area contributed by atoms with E-state index in [0.717, 1.165) is 26.6 Å². The minimum Gasteiger partial charge on any atom is -0.478 e. The average molecular weight is 449 g/mol. The zero-order chi connectivity index (χ0) is 21.1. The fourth-order valence-corrected chi connectivity index (χ4v) is 5.51. The molecule has 0 aliphatic carbocycles. The molecular weight excluding hydrogens is 432 g/mol. The maximum atomic E-state index is 11.1. The van der Waals surface area contributed by atoms with Crippen molar-refractivity contribution in [1.82, 2.24) is 4.98 Å². The Morgan fingerprint density at radius 1 is 1.10 bits per heavy atom. The van der Waals surface area contributed by atoms with Gasteiger partial charge >= 0.3 is 5.97 Å². The summed E-state index contributed by atoms with van der Waals surface area (Å²) in [7, 11) is 0. The van der Waals surface area contributed by atoms with Crippen LogP contribution in [0.5, 0.6) is 0 Å². The van der Waals surface area contributed by atoms with Gasteiger partial charge in [0.05, 0.1) is 21.7 Å². The van der Waals surface area contributed by atoms with E-state index in [1.807, 2.05) is 60.1 Å². The zero-order valence-corrected chi connectivity index (χ0v) is 18.4. The van der Waals surface area contributed by atoms with Gasteiger partial charge in [0.2, 0.25) is 0 Å². The van der Waals surface area contributed by atoms with Gasteiger partial charge < -0.3 is 5.11 Å². The summed E-state index contributed by atoms with van der Waals surface area (Å²) in [4.78, 5) is 18.0. The number of pyridine rings is 1. The van der Waals surface area contributed by atoms with Crippen molar-refractivity contribution in [2.45, 2.75) is 17.2 Å². The van der Waals surface area contributed by atoms with Gasteiger partial charge in [-0.1, -0.05) is 36.0 Å². The Hall–Kier alpha value is -2.92. The molecule has 4 nitrogen and oxygen atoms in total. The number of benzene rings is 1. The Balaban J connectivity index is 1.76. The quantitative estimate of drug-likeness (QED) is 0.323. The zero-order valence-electron chi connectivity index (χ0n) is 15.9. The molecule has 0 bridgehead atoms. The lowest BCUT2D eigenvalue weighted by Crippen LogP contribution is -1.99. The summed E-state index contributed by atoms with van der Waals surface area (Å²) in [6.45, 7) is 2.03. The fraction of sp³-hybridized carbons (Fsp3) is 0.0870. The van der Waals surface area contributed by atoms with E-state index in [9.17, 15) is 10.1 Å². The molecule has 0 saturated carbocycles. The minimum absolute atomic E-state index is 0.00205. The third-order valence-electron chi connectivity index (χ3n) is 4.57. The first kappa shape index (κ1) is 20.4. The number of thiophene rings is 2. The highest BCUT2D eigenvalue weighted by Gasteiger charge is 2.19. The lowest BCUT2D eigenvalue weighted by Gasteiger charge is -2.15. The molecule has 0 spiro atoms. The first-order valence-corrected chi connectivity index (χ1v) is 11.7. The number of nitrogens with zero attached hydrogens (tertiary/aromatic N) is 2. The van der Waals surface area contributed by atoms with Crippen LogP contribution in [0.2, 0.25) is 0 Å². The number of aromatic nitrogens is 1. The summed E-state index contributed by atoms with van der Waals surface area (Å²) in [5.41, 5.74) is 3.54. The van der Waals surface area contributed by atoms with Gasteiger partial charge in [-0.05, 0) is 53.6 Å². The van der Waals surface area contributed by atoms with E-state index in [1.165, 1.54) is 11.8 Å². The monoisotopic (exact) mass is 448 g/mol. The number of hydrogen-bond acceptors (Lipinski definition) is 6. The number of carbonyl (C=O) groups is 1. The third-order valence-corrected chi connectivity index (χ3v) is 7.51. The van der Waals surface area contributed by atoms with Gasteiger partial charge in [-0.2, -0.15) is 5.26 Å². The highest BCUT2D eigenvalue weighted by molar-refractivity contribution is 7.99. The van der Waals surface area contributed by atoms with Crippen molar-refractivity contribution in [3.05, 3.63) is 82.0 Å². The molecule has 0 amide bonds. The van der Waals surface area contributed by atoms with Crippen LogP contribution in [0.1, 0.15) is 33.7 Å². The molecule has 3 heterocycles. The second-order valence-electron chi connectivity index (χ2n) is 6.49. The van der Waals surface area contributed by atoms with Crippen molar-refractivity contribution < 1.29 is 9.90 Å². The molecular formula is C23H16N2O2S3. The van der Waals surface area contributed by atoms with E-state index in [-0.39, 0.29) is 10.8 Å². The molecule has 148 valence electrons. The number of aromatic carboxylic acids is 1. The second kappa shape index (κ2) is 8.84. The molecule has 1 N–H and O–H groups in total. The maximum absolute atomic E-state index is 11.1. The van der Waals surface area contributed by atoms with Crippen LogP contribution in [0.4, 0.5) is 0 Å². The topological polar surface area (TPSA) is 74.0 Å².